The van der Waals surface area contributed by atoms with Gasteiger partial charge in [0.2, 0.25) is 0 Å². The van der Waals surface area contributed by atoms with E-state index >= 15 is 0 Å². The Kier molecular flexibility index (Phi) is 5.31. The molecule has 1 fully saturated rings. The van der Waals surface area contributed by atoms with Crippen LogP contribution in [0.15, 0.2) is 48.8 Å². The van der Waals surface area contributed by atoms with Crippen molar-refractivity contribution >= 4 is 18.3 Å². The van der Waals surface area contributed by atoms with Crippen molar-refractivity contribution in [2.75, 3.05) is 26.2 Å². The molecule has 4 nitrogen and oxygen atoms in total. The highest BCUT2D eigenvalue weighted by molar-refractivity contribution is 5.94. The normalized spacial score (nSPS) is 14.4. The fourth-order valence-electron chi connectivity index (χ4n) is 2.39. The first-order valence-electron chi connectivity index (χ1n) is 6.85. The molecule has 1 aliphatic rings. The second kappa shape index (κ2) is 7.20. The van der Waals surface area contributed by atoms with Crippen molar-refractivity contribution in [3.8, 4) is 11.1 Å². The Hall–Kier alpha value is -1.91. The minimum Gasteiger partial charge on any atom is -0.336 e. The molecule has 0 spiro atoms. The molecule has 1 aromatic carbocycles. The molecule has 3 rings (SSSR count). The Morgan fingerprint density at radius 1 is 1.05 bits per heavy atom. The molecule has 0 saturated carbocycles. The second-order valence-electron chi connectivity index (χ2n) is 4.86. The fourth-order valence-corrected chi connectivity index (χ4v) is 2.39. The number of amides is 1. The number of carbonyl (C=O) groups excluding carboxylic acids is 1. The van der Waals surface area contributed by atoms with Crippen LogP contribution in [0.4, 0.5) is 0 Å². The van der Waals surface area contributed by atoms with Crippen LogP contribution in [-0.4, -0.2) is 42.0 Å². The summed E-state index contributed by atoms with van der Waals surface area (Å²) in [6, 6.07) is 11.7. The monoisotopic (exact) mass is 303 g/mol. The van der Waals surface area contributed by atoms with Crippen molar-refractivity contribution in [2.45, 2.75) is 0 Å². The van der Waals surface area contributed by atoms with Gasteiger partial charge in [-0.3, -0.25) is 9.78 Å². The van der Waals surface area contributed by atoms with E-state index < -0.39 is 0 Å². The molecule has 1 aliphatic heterocycles. The molecule has 1 amide bonds. The first-order chi connectivity index (χ1) is 9.84. The van der Waals surface area contributed by atoms with Gasteiger partial charge < -0.3 is 10.2 Å². The second-order valence-corrected chi connectivity index (χ2v) is 4.86. The van der Waals surface area contributed by atoms with Gasteiger partial charge in [-0.25, -0.2) is 0 Å². The lowest BCUT2D eigenvalue weighted by molar-refractivity contribution is 0.0736. The highest BCUT2D eigenvalue weighted by atomic mass is 35.5. The van der Waals surface area contributed by atoms with E-state index in [4.69, 9.17) is 0 Å². The molecule has 0 aliphatic carbocycles. The highest BCUT2D eigenvalue weighted by Crippen LogP contribution is 2.19. The third-order valence-electron chi connectivity index (χ3n) is 3.53. The molecular weight excluding hydrogens is 286 g/mol. The van der Waals surface area contributed by atoms with Gasteiger partial charge in [-0.05, 0) is 29.3 Å². The number of benzene rings is 1. The number of hydrogen-bond donors (Lipinski definition) is 1. The van der Waals surface area contributed by atoms with Gasteiger partial charge in [0.05, 0.1) is 0 Å². The first kappa shape index (κ1) is 15.5. The van der Waals surface area contributed by atoms with Gasteiger partial charge in [0.15, 0.2) is 0 Å². The van der Waals surface area contributed by atoms with Crippen LogP contribution < -0.4 is 5.32 Å². The van der Waals surface area contributed by atoms with Gasteiger partial charge in [-0.15, -0.1) is 12.4 Å². The van der Waals surface area contributed by atoms with E-state index in [1.165, 1.54) is 0 Å². The van der Waals surface area contributed by atoms with Gasteiger partial charge >= 0.3 is 0 Å². The lowest BCUT2D eigenvalue weighted by Crippen LogP contribution is -2.46. The van der Waals surface area contributed by atoms with E-state index in [1.807, 2.05) is 47.5 Å². The Labute approximate surface area is 130 Å². The minimum atomic E-state index is 0. The molecule has 0 unspecified atom stereocenters. The van der Waals surface area contributed by atoms with Crippen molar-refractivity contribution in [2.24, 2.45) is 0 Å². The van der Waals surface area contributed by atoms with Gasteiger partial charge in [-0.2, -0.15) is 0 Å². The topological polar surface area (TPSA) is 45.2 Å². The van der Waals surface area contributed by atoms with Crippen molar-refractivity contribution in [1.82, 2.24) is 15.2 Å². The summed E-state index contributed by atoms with van der Waals surface area (Å²) in [7, 11) is 0. The van der Waals surface area contributed by atoms with Crippen LogP contribution >= 0.6 is 12.4 Å². The predicted octanol–water partition coefficient (Wildman–Crippen LogP) is 2.22. The fraction of sp³-hybridized carbons (Fsp3) is 0.250. The molecule has 1 aromatic heterocycles. The number of nitrogens with zero attached hydrogens (tertiary/aromatic N) is 2. The van der Waals surface area contributed by atoms with E-state index in [0.29, 0.717) is 0 Å². The molecule has 0 bridgehead atoms. The first-order valence-corrected chi connectivity index (χ1v) is 6.85. The van der Waals surface area contributed by atoms with Gasteiger partial charge in [-0.1, -0.05) is 18.2 Å². The maximum atomic E-state index is 12.3. The Balaban J connectivity index is 0.00000161. The van der Waals surface area contributed by atoms with E-state index in [1.54, 1.807) is 6.20 Å². The average Bonchev–Trinajstić information content (AvgIpc) is 2.56. The molecule has 1 saturated heterocycles. The largest absolute Gasteiger partial charge is 0.336 e. The Bertz CT molecular complexity index is 580. The lowest BCUT2D eigenvalue weighted by Gasteiger charge is -2.27. The van der Waals surface area contributed by atoms with Crippen molar-refractivity contribution in [3.63, 3.8) is 0 Å². The van der Waals surface area contributed by atoms with Crippen LogP contribution in [0.3, 0.4) is 0 Å². The average molecular weight is 304 g/mol. The maximum absolute atomic E-state index is 12.3. The zero-order valence-corrected chi connectivity index (χ0v) is 12.5. The quantitative estimate of drug-likeness (QED) is 0.925. The number of piperazine rings is 1. The molecule has 5 heteroatoms. The molecule has 1 N–H and O–H groups in total. The van der Waals surface area contributed by atoms with Gasteiger partial charge in [0.25, 0.3) is 5.91 Å². The number of rotatable bonds is 2. The van der Waals surface area contributed by atoms with Crippen LogP contribution in [0, 0.1) is 0 Å². The molecule has 0 atom stereocenters. The van der Waals surface area contributed by atoms with Crippen LogP contribution in [0.1, 0.15) is 10.4 Å². The Morgan fingerprint density at radius 2 is 1.76 bits per heavy atom. The summed E-state index contributed by atoms with van der Waals surface area (Å²) in [5, 5.41) is 3.25. The van der Waals surface area contributed by atoms with Crippen LogP contribution in [-0.2, 0) is 0 Å². The SMILES string of the molecule is Cl.O=C(c1ccc(-c2cccnc2)cc1)N1CCNCC1. The lowest BCUT2D eigenvalue weighted by atomic mass is 10.1. The standard InChI is InChI=1S/C16H17N3O.ClH/c20-16(19-10-8-17-9-11-19)14-5-3-13(4-6-14)15-2-1-7-18-12-15;/h1-7,12,17H,8-11H2;1H. The Morgan fingerprint density at radius 3 is 2.38 bits per heavy atom. The molecule has 110 valence electrons. The summed E-state index contributed by atoms with van der Waals surface area (Å²) < 4.78 is 0. The van der Waals surface area contributed by atoms with Crippen molar-refractivity contribution in [3.05, 3.63) is 54.4 Å². The molecule has 0 radical (unpaired) electrons. The molecule has 21 heavy (non-hydrogen) atoms. The number of pyridine rings is 1. The zero-order valence-electron chi connectivity index (χ0n) is 11.7. The van der Waals surface area contributed by atoms with Crippen molar-refractivity contribution in [1.29, 1.82) is 0 Å². The number of carbonyl (C=O) groups is 1. The third-order valence-corrected chi connectivity index (χ3v) is 3.53. The molecular formula is C16H18ClN3O. The van der Waals surface area contributed by atoms with Gasteiger partial charge in [0, 0.05) is 44.1 Å². The molecule has 2 aromatic rings. The highest BCUT2D eigenvalue weighted by Gasteiger charge is 2.17. The summed E-state index contributed by atoms with van der Waals surface area (Å²) >= 11 is 0. The maximum Gasteiger partial charge on any atom is 0.253 e. The molecule has 2 heterocycles. The van der Waals surface area contributed by atoms with Crippen LogP contribution in [0.5, 0.6) is 0 Å². The van der Waals surface area contributed by atoms with E-state index in [0.717, 1.165) is 42.9 Å². The zero-order chi connectivity index (χ0) is 13.8. The van der Waals surface area contributed by atoms with Crippen LogP contribution in [0.2, 0.25) is 0 Å². The predicted molar refractivity (Wildman–Crippen MR) is 85.7 cm³/mol. The minimum absolute atomic E-state index is 0. The summed E-state index contributed by atoms with van der Waals surface area (Å²) in [4.78, 5) is 18.3. The van der Waals surface area contributed by atoms with Gasteiger partial charge in [0.1, 0.15) is 0 Å². The smallest absolute Gasteiger partial charge is 0.253 e. The number of nitrogens with one attached hydrogen (secondary N) is 1. The summed E-state index contributed by atoms with van der Waals surface area (Å²) in [5.74, 6) is 0.115. The van der Waals surface area contributed by atoms with E-state index in [2.05, 4.69) is 10.3 Å². The van der Waals surface area contributed by atoms with E-state index in [-0.39, 0.29) is 18.3 Å². The number of aromatic nitrogens is 1. The van der Waals surface area contributed by atoms with E-state index in [9.17, 15) is 4.79 Å². The van der Waals surface area contributed by atoms with Crippen molar-refractivity contribution < 1.29 is 4.79 Å². The number of hydrogen-bond acceptors (Lipinski definition) is 3. The third kappa shape index (κ3) is 3.60. The number of halogens is 1. The summed E-state index contributed by atoms with van der Waals surface area (Å²) in [6.07, 6.45) is 3.58. The van der Waals surface area contributed by atoms with Crippen LogP contribution in [0.25, 0.3) is 11.1 Å². The summed E-state index contributed by atoms with van der Waals surface area (Å²) in [5.41, 5.74) is 2.89. The summed E-state index contributed by atoms with van der Waals surface area (Å²) in [6.45, 7) is 3.31.